The van der Waals surface area contributed by atoms with Crippen LogP contribution in [0.25, 0.3) is 10.8 Å². The third-order valence-corrected chi connectivity index (χ3v) is 4.77. The first-order valence-corrected chi connectivity index (χ1v) is 9.29. The van der Waals surface area contributed by atoms with Crippen LogP contribution in [-0.2, 0) is 6.42 Å². The van der Waals surface area contributed by atoms with Gasteiger partial charge in [-0.1, -0.05) is 82.6 Å². The predicted octanol–water partition coefficient (Wildman–Crippen LogP) is 6.08. The Morgan fingerprint density at radius 1 is 0.739 bits per heavy atom. The summed E-state index contributed by atoms with van der Waals surface area (Å²) in [5.74, 6) is 0. The summed E-state index contributed by atoms with van der Waals surface area (Å²) in [5.41, 5.74) is 15.2. The van der Waals surface area contributed by atoms with Crippen molar-refractivity contribution in [1.29, 1.82) is 0 Å². The van der Waals surface area contributed by atoms with Crippen LogP contribution in [0.15, 0.2) is 30.3 Å². The minimum absolute atomic E-state index is 0.744. The fraction of sp³-hybridized carbons (Fsp3) is 0.524. The minimum atomic E-state index is 0.744. The molecule has 126 valence electrons. The Morgan fingerprint density at radius 2 is 1.35 bits per heavy atom. The molecule has 0 radical (unpaired) electrons. The van der Waals surface area contributed by atoms with Gasteiger partial charge in [0.25, 0.3) is 0 Å². The summed E-state index contributed by atoms with van der Waals surface area (Å²) in [6, 6.07) is 10.4. The van der Waals surface area contributed by atoms with Crippen LogP contribution in [0.1, 0.15) is 70.3 Å². The van der Waals surface area contributed by atoms with E-state index in [1.54, 1.807) is 0 Å². The Morgan fingerprint density at radius 3 is 2.04 bits per heavy atom. The quantitative estimate of drug-likeness (QED) is 0.413. The Bertz CT molecular complexity index is 604. The van der Waals surface area contributed by atoms with Gasteiger partial charge in [-0.05, 0) is 29.9 Å². The number of nitrogen functional groups attached to an aromatic ring is 2. The van der Waals surface area contributed by atoms with E-state index in [4.69, 9.17) is 11.5 Å². The first-order valence-electron chi connectivity index (χ1n) is 9.29. The molecule has 2 rings (SSSR count). The molecular weight excluding hydrogens is 280 g/mol. The highest BCUT2D eigenvalue weighted by Crippen LogP contribution is 2.31. The maximum atomic E-state index is 6.23. The number of anilines is 2. The molecule has 0 unspecified atom stereocenters. The van der Waals surface area contributed by atoms with E-state index in [-0.39, 0.29) is 0 Å². The predicted molar refractivity (Wildman–Crippen MR) is 104 cm³/mol. The van der Waals surface area contributed by atoms with Crippen molar-refractivity contribution < 1.29 is 0 Å². The van der Waals surface area contributed by atoms with Crippen molar-refractivity contribution in [1.82, 2.24) is 0 Å². The van der Waals surface area contributed by atoms with Crippen LogP contribution >= 0.6 is 0 Å². The molecule has 0 aliphatic rings. The van der Waals surface area contributed by atoms with Gasteiger partial charge in [0.2, 0.25) is 0 Å². The van der Waals surface area contributed by atoms with Gasteiger partial charge in [-0.15, -0.1) is 0 Å². The molecule has 0 spiro atoms. The van der Waals surface area contributed by atoms with Crippen LogP contribution in [0, 0.1) is 0 Å². The van der Waals surface area contributed by atoms with Crippen molar-refractivity contribution in [3.63, 3.8) is 0 Å². The lowest BCUT2D eigenvalue weighted by molar-refractivity contribution is 0.565. The van der Waals surface area contributed by atoms with E-state index in [0.717, 1.165) is 23.2 Å². The summed E-state index contributed by atoms with van der Waals surface area (Å²) in [6.45, 7) is 2.27. The summed E-state index contributed by atoms with van der Waals surface area (Å²) in [6.07, 6.45) is 13.2. The number of unbranched alkanes of at least 4 members (excludes halogenated alkanes) is 8. The maximum Gasteiger partial charge on any atom is 0.0630 e. The average molecular weight is 313 g/mol. The van der Waals surface area contributed by atoms with Crippen LogP contribution < -0.4 is 11.5 Å². The monoisotopic (exact) mass is 312 g/mol. The second-order valence-corrected chi connectivity index (χ2v) is 6.66. The molecule has 0 aromatic heterocycles. The summed E-state index contributed by atoms with van der Waals surface area (Å²) in [4.78, 5) is 0. The lowest BCUT2D eigenvalue weighted by Crippen LogP contribution is -2.01. The second-order valence-electron chi connectivity index (χ2n) is 6.66. The molecule has 2 nitrogen and oxygen atoms in total. The zero-order valence-electron chi connectivity index (χ0n) is 14.6. The highest BCUT2D eigenvalue weighted by Gasteiger charge is 2.07. The van der Waals surface area contributed by atoms with E-state index >= 15 is 0 Å². The van der Waals surface area contributed by atoms with E-state index in [2.05, 4.69) is 25.1 Å². The standard InChI is InChI=1S/C21H32N2/c1-2-3-4-5-6-7-8-9-10-14-18-16-17-13-11-12-15-19(17)21(23)20(18)22/h11-13,15-16H,2-10,14,22-23H2,1H3. The van der Waals surface area contributed by atoms with Gasteiger partial charge in [0.05, 0.1) is 11.4 Å². The van der Waals surface area contributed by atoms with Gasteiger partial charge in [0.15, 0.2) is 0 Å². The van der Waals surface area contributed by atoms with Crippen LogP contribution in [0.5, 0.6) is 0 Å². The number of hydrogen-bond acceptors (Lipinski definition) is 2. The number of benzene rings is 2. The highest BCUT2D eigenvalue weighted by atomic mass is 14.7. The van der Waals surface area contributed by atoms with Gasteiger partial charge in [-0.3, -0.25) is 0 Å². The van der Waals surface area contributed by atoms with E-state index in [9.17, 15) is 0 Å². The fourth-order valence-corrected chi connectivity index (χ4v) is 3.28. The molecule has 0 bridgehead atoms. The van der Waals surface area contributed by atoms with Crippen molar-refractivity contribution in [2.24, 2.45) is 0 Å². The number of fused-ring (bicyclic) bond motifs is 1. The molecule has 2 aromatic rings. The van der Waals surface area contributed by atoms with Gasteiger partial charge in [0, 0.05) is 5.39 Å². The smallest absolute Gasteiger partial charge is 0.0630 e. The van der Waals surface area contributed by atoms with Crippen molar-refractivity contribution in [2.75, 3.05) is 11.5 Å². The summed E-state index contributed by atoms with van der Waals surface area (Å²) in [5, 5.41) is 2.27. The number of nitrogens with two attached hydrogens (primary N) is 2. The number of aryl methyl sites for hydroxylation is 1. The SMILES string of the molecule is CCCCCCCCCCCc1cc2ccccc2c(N)c1N. The van der Waals surface area contributed by atoms with Crippen LogP contribution in [-0.4, -0.2) is 0 Å². The van der Waals surface area contributed by atoms with Crippen LogP contribution in [0.2, 0.25) is 0 Å². The molecule has 2 aromatic carbocycles. The lowest BCUT2D eigenvalue weighted by atomic mass is 9.98. The third kappa shape index (κ3) is 5.16. The van der Waals surface area contributed by atoms with Gasteiger partial charge in [-0.25, -0.2) is 0 Å². The molecule has 0 saturated carbocycles. The van der Waals surface area contributed by atoms with E-state index in [0.29, 0.717) is 0 Å². The third-order valence-electron chi connectivity index (χ3n) is 4.77. The topological polar surface area (TPSA) is 52.0 Å². The minimum Gasteiger partial charge on any atom is -0.397 e. The van der Waals surface area contributed by atoms with Gasteiger partial charge in [0.1, 0.15) is 0 Å². The summed E-state index contributed by atoms with van der Waals surface area (Å²) in [7, 11) is 0. The first kappa shape index (κ1) is 17.7. The van der Waals surface area contributed by atoms with Crippen molar-refractivity contribution in [3.8, 4) is 0 Å². The average Bonchev–Trinajstić information content (AvgIpc) is 2.57. The molecule has 23 heavy (non-hydrogen) atoms. The largest absolute Gasteiger partial charge is 0.397 e. The molecular formula is C21H32N2. The summed E-state index contributed by atoms with van der Waals surface area (Å²) >= 11 is 0. The molecule has 0 saturated heterocycles. The molecule has 4 N–H and O–H groups in total. The second kappa shape index (κ2) is 9.44. The molecule has 0 aliphatic carbocycles. The van der Waals surface area contributed by atoms with Crippen molar-refractivity contribution >= 4 is 22.1 Å². The zero-order chi connectivity index (χ0) is 16.5. The van der Waals surface area contributed by atoms with Crippen LogP contribution in [0.4, 0.5) is 11.4 Å². The molecule has 0 aliphatic heterocycles. The molecule has 0 heterocycles. The lowest BCUT2D eigenvalue weighted by Gasteiger charge is -2.12. The number of rotatable bonds is 10. The Labute approximate surface area is 141 Å². The van der Waals surface area contributed by atoms with Gasteiger partial charge >= 0.3 is 0 Å². The van der Waals surface area contributed by atoms with E-state index in [1.165, 1.54) is 68.7 Å². The Hall–Kier alpha value is -1.70. The van der Waals surface area contributed by atoms with E-state index < -0.39 is 0 Å². The maximum absolute atomic E-state index is 6.23. The van der Waals surface area contributed by atoms with E-state index in [1.807, 2.05) is 12.1 Å². The fourth-order valence-electron chi connectivity index (χ4n) is 3.28. The van der Waals surface area contributed by atoms with Gasteiger partial charge < -0.3 is 11.5 Å². The zero-order valence-corrected chi connectivity index (χ0v) is 14.6. The van der Waals surface area contributed by atoms with Crippen molar-refractivity contribution in [2.45, 2.75) is 71.1 Å². The van der Waals surface area contributed by atoms with Gasteiger partial charge in [-0.2, -0.15) is 0 Å². The molecule has 0 fully saturated rings. The first-order chi connectivity index (χ1) is 11.2. The molecule has 0 atom stereocenters. The number of hydrogen-bond donors (Lipinski definition) is 2. The highest BCUT2D eigenvalue weighted by molar-refractivity contribution is 5.99. The Balaban J connectivity index is 1.76. The molecule has 0 amide bonds. The molecule has 2 heteroatoms. The Kier molecular flexibility index (Phi) is 7.25. The normalized spacial score (nSPS) is 11.2. The van der Waals surface area contributed by atoms with Crippen LogP contribution in [0.3, 0.4) is 0 Å². The van der Waals surface area contributed by atoms with Crippen molar-refractivity contribution in [3.05, 3.63) is 35.9 Å². The summed E-state index contributed by atoms with van der Waals surface area (Å²) < 4.78 is 0.